The Morgan fingerprint density at radius 2 is 2.24 bits per heavy atom. The minimum Gasteiger partial charge on any atom is -0.335 e. The van der Waals surface area contributed by atoms with Gasteiger partial charge in [0.15, 0.2) is 0 Å². The van der Waals surface area contributed by atoms with Crippen molar-refractivity contribution in [3.05, 3.63) is 35.2 Å². The molecule has 1 aliphatic heterocycles. The van der Waals surface area contributed by atoms with Crippen molar-refractivity contribution in [1.82, 2.24) is 24.6 Å². The lowest BCUT2D eigenvalue weighted by Crippen LogP contribution is -2.26. The van der Waals surface area contributed by atoms with Crippen LogP contribution in [0.5, 0.6) is 0 Å². The van der Waals surface area contributed by atoms with Crippen LogP contribution in [0.15, 0.2) is 12.4 Å². The summed E-state index contributed by atoms with van der Waals surface area (Å²) in [6.45, 7) is 10.3. The maximum absolute atomic E-state index is 4.58. The number of rotatable bonds is 5. The Morgan fingerprint density at radius 3 is 3.00 bits per heavy atom. The van der Waals surface area contributed by atoms with Gasteiger partial charge in [0.25, 0.3) is 0 Å². The zero-order valence-electron chi connectivity index (χ0n) is 13.3. The fourth-order valence-corrected chi connectivity index (χ4v) is 3.37. The van der Waals surface area contributed by atoms with E-state index in [4.69, 9.17) is 0 Å². The van der Waals surface area contributed by atoms with Crippen LogP contribution in [-0.4, -0.2) is 25.9 Å². The first-order chi connectivity index (χ1) is 10.2. The number of nitrogens with zero attached hydrogens (tertiary/aromatic N) is 4. The van der Waals surface area contributed by atoms with E-state index in [2.05, 4.69) is 51.6 Å². The second-order valence-electron chi connectivity index (χ2n) is 5.91. The molecule has 0 fully saturated rings. The molecule has 0 spiro atoms. The molecule has 0 amide bonds. The Hall–Kier alpha value is -1.62. The summed E-state index contributed by atoms with van der Waals surface area (Å²) >= 11 is 0. The predicted octanol–water partition coefficient (Wildman–Crippen LogP) is 2.38. The van der Waals surface area contributed by atoms with Crippen LogP contribution in [0.3, 0.4) is 0 Å². The number of fused-ring (bicyclic) bond motifs is 1. The van der Waals surface area contributed by atoms with E-state index >= 15 is 0 Å². The standard InChI is InChI=1S/C16H25N5/c1-4-21-13(3)15(12(2)19-21)11-17-10-14-6-5-8-20-9-7-18-16(14)20/h7,9,14,17H,4-6,8,10-11H2,1-3H3/t14-/m0/s1. The van der Waals surface area contributed by atoms with Crippen LogP contribution in [-0.2, 0) is 19.6 Å². The number of hydrogen-bond acceptors (Lipinski definition) is 3. The minimum absolute atomic E-state index is 0.538. The molecule has 1 atom stereocenters. The third kappa shape index (κ3) is 2.75. The smallest absolute Gasteiger partial charge is 0.113 e. The van der Waals surface area contributed by atoms with Crippen molar-refractivity contribution in [2.75, 3.05) is 6.54 Å². The van der Waals surface area contributed by atoms with Gasteiger partial charge < -0.3 is 9.88 Å². The van der Waals surface area contributed by atoms with Crippen LogP contribution in [0.25, 0.3) is 0 Å². The normalized spacial score (nSPS) is 18.0. The van der Waals surface area contributed by atoms with E-state index in [0.717, 1.165) is 31.9 Å². The van der Waals surface area contributed by atoms with Crippen LogP contribution >= 0.6 is 0 Å². The Balaban J connectivity index is 1.62. The van der Waals surface area contributed by atoms with E-state index in [1.807, 2.05) is 6.20 Å². The van der Waals surface area contributed by atoms with Crippen molar-refractivity contribution in [2.45, 2.75) is 59.2 Å². The van der Waals surface area contributed by atoms with Crippen molar-refractivity contribution < 1.29 is 0 Å². The van der Waals surface area contributed by atoms with Gasteiger partial charge in [-0.1, -0.05) is 0 Å². The zero-order chi connectivity index (χ0) is 14.8. The SMILES string of the molecule is CCn1nc(C)c(CNC[C@@H]2CCCn3ccnc32)c1C. The quantitative estimate of drug-likeness (QED) is 0.918. The molecule has 3 rings (SSSR count). The van der Waals surface area contributed by atoms with Crippen molar-refractivity contribution >= 4 is 0 Å². The van der Waals surface area contributed by atoms with Crippen LogP contribution < -0.4 is 5.32 Å². The average molecular weight is 287 g/mol. The van der Waals surface area contributed by atoms with Crippen LogP contribution in [0, 0.1) is 13.8 Å². The Labute approximate surface area is 126 Å². The Morgan fingerprint density at radius 1 is 1.38 bits per heavy atom. The van der Waals surface area contributed by atoms with Gasteiger partial charge in [-0.3, -0.25) is 4.68 Å². The van der Waals surface area contributed by atoms with E-state index < -0.39 is 0 Å². The van der Waals surface area contributed by atoms with Crippen molar-refractivity contribution in [2.24, 2.45) is 0 Å². The highest BCUT2D eigenvalue weighted by Gasteiger charge is 2.21. The van der Waals surface area contributed by atoms with E-state index in [1.54, 1.807) is 0 Å². The molecular formula is C16H25N5. The molecule has 2 aromatic heterocycles. The first-order valence-corrected chi connectivity index (χ1v) is 7.95. The molecule has 0 bridgehead atoms. The van der Waals surface area contributed by atoms with Gasteiger partial charge in [-0.25, -0.2) is 4.98 Å². The zero-order valence-corrected chi connectivity index (χ0v) is 13.3. The maximum Gasteiger partial charge on any atom is 0.113 e. The third-order valence-electron chi connectivity index (χ3n) is 4.59. The second kappa shape index (κ2) is 6.02. The first-order valence-electron chi connectivity index (χ1n) is 7.95. The number of nitrogens with one attached hydrogen (secondary N) is 1. The average Bonchev–Trinajstić information content (AvgIpc) is 3.06. The molecule has 2 aromatic rings. The lowest BCUT2D eigenvalue weighted by molar-refractivity contribution is 0.422. The van der Waals surface area contributed by atoms with Gasteiger partial charge in [-0.05, 0) is 33.6 Å². The van der Waals surface area contributed by atoms with Crippen LogP contribution in [0.4, 0.5) is 0 Å². The molecule has 5 nitrogen and oxygen atoms in total. The first kappa shape index (κ1) is 14.3. The summed E-state index contributed by atoms with van der Waals surface area (Å²) in [5, 5.41) is 8.20. The molecule has 0 aliphatic carbocycles. The lowest BCUT2D eigenvalue weighted by atomic mass is 9.99. The van der Waals surface area contributed by atoms with Crippen molar-refractivity contribution in [1.29, 1.82) is 0 Å². The fraction of sp³-hybridized carbons (Fsp3) is 0.625. The number of hydrogen-bond donors (Lipinski definition) is 1. The van der Waals surface area contributed by atoms with E-state index in [1.165, 1.54) is 29.9 Å². The summed E-state index contributed by atoms with van der Waals surface area (Å²) in [5.74, 6) is 1.78. The molecule has 1 N–H and O–H groups in total. The van der Waals surface area contributed by atoms with Gasteiger partial charge in [0.2, 0.25) is 0 Å². The highest BCUT2D eigenvalue weighted by molar-refractivity contribution is 5.24. The molecule has 0 aromatic carbocycles. The lowest BCUT2D eigenvalue weighted by Gasteiger charge is -2.23. The summed E-state index contributed by atoms with van der Waals surface area (Å²) in [6, 6.07) is 0. The topological polar surface area (TPSA) is 47.7 Å². The van der Waals surface area contributed by atoms with Gasteiger partial charge in [0.05, 0.1) is 5.69 Å². The van der Waals surface area contributed by atoms with Gasteiger partial charge in [-0.15, -0.1) is 0 Å². The fourth-order valence-electron chi connectivity index (χ4n) is 3.37. The molecule has 0 saturated carbocycles. The number of aromatic nitrogens is 4. The molecule has 114 valence electrons. The summed E-state index contributed by atoms with van der Waals surface area (Å²) in [6.07, 6.45) is 6.51. The maximum atomic E-state index is 4.58. The molecule has 21 heavy (non-hydrogen) atoms. The van der Waals surface area contributed by atoms with Gasteiger partial charge in [-0.2, -0.15) is 5.10 Å². The van der Waals surface area contributed by atoms with Crippen LogP contribution in [0.1, 0.15) is 48.5 Å². The van der Waals surface area contributed by atoms with Gasteiger partial charge in [0, 0.05) is 55.7 Å². The van der Waals surface area contributed by atoms with Crippen molar-refractivity contribution in [3.63, 3.8) is 0 Å². The Bertz CT molecular complexity index is 610. The minimum atomic E-state index is 0.538. The Kier molecular flexibility index (Phi) is 4.10. The second-order valence-corrected chi connectivity index (χ2v) is 5.91. The molecule has 0 saturated heterocycles. The highest BCUT2D eigenvalue weighted by Crippen LogP contribution is 2.25. The summed E-state index contributed by atoms with van der Waals surface area (Å²) < 4.78 is 4.38. The molecule has 3 heterocycles. The summed E-state index contributed by atoms with van der Waals surface area (Å²) in [7, 11) is 0. The number of aryl methyl sites for hydroxylation is 3. The predicted molar refractivity (Wildman–Crippen MR) is 83.3 cm³/mol. The van der Waals surface area contributed by atoms with E-state index in [0.29, 0.717) is 5.92 Å². The van der Waals surface area contributed by atoms with Crippen LogP contribution in [0.2, 0.25) is 0 Å². The summed E-state index contributed by atoms with van der Waals surface area (Å²) in [4.78, 5) is 4.52. The highest BCUT2D eigenvalue weighted by atomic mass is 15.3. The summed E-state index contributed by atoms with van der Waals surface area (Å²) in [5.41, 5.74) is 3.77. The molecule has 5 heteroatoms. The molecular weight excluding hydrogens is 262 g/mol. The largest absolute Gasteiger partial charge is 0.335 e. The van der Waals surface area contributed by atoms with E-state index in [9.17, 15) is 0 Å². The molecule has 1 aliphatic rings. The van der Waals surface area contributed by atoms with Gasteiger partial charge in [0.1, 0.15) is 5.82 Å². The molecule has 0 radical (unpaired) electrons. The van der Waals surface area contributed by atoms with E-state index in [-0.39, 0.29) is 0 Å². The van der Waals surface area contributed by atoms with Crippen molar-refractivity contribution in [3.8, 4) is 0 Å². The third-order valence-corrected chi connectivity index (χ3v) is 4.59. The number of imidazole rings is 1. The molecule has 0 unspecified atom stereocenters. The monoisotopic (exact) mass is 287 g/mol. The van der Waals surface area contributed by atoms with Gasteiger partial charge >= 0.3 is 0 Å².